The van der Waals surface area contributed by atoms with Crippen LogP contribution in [-0.2, 0) is 38.3 Å². The number of ether oxygens (including phenoxy) is 4. The second-order valence-corrected chi connectivity index (χ2v) is 18.1. The third-order valence-electron chi connectivity index (χ3n) is 11.3. The van der Waals surface area contributed by atoms with Gasteiger partial charge in [0.1, 0.15) is 30.5 Å². The van der Waals surface area contributed by atoms with Crippen LogP contribution >= 0.6 is 0 Å². The van der Waals surface area contributed by atoms with Crippen molar-refractivity contribution in [1.82, 2.24) is 0 Å². The monoisotopic (exact) mass is 891 g/mol. The maximum atomic E-state index is 12.9. The summed E-state index contributed by atoms with van der Waals surface area (Å²) in [4.78, 5) is 12.9. The van der Waals surface area contributed by atoms with Gasteiger partial charge in [-0.25, -0.2) is 4.18 Å². The molecule has 0 bridgehead atoms. The van der Waals surface area contributed by atoms with E-state index in [0.717, 1.165) is 64.2 Å². The van der Waals surface area contributed by atoms with Gasteiger partial charge in [-0.1, -0.05) is 192 Å². The van der Waals surface area contributed by atoms with Crippen LogP contribution in [0.4, 0.5) is 0 Å². The topological polar surface area (TPSA) is 178 Å². The summed E-state index contributed by atoms with van der Waals surface area (Å²) in [6, 6.07) is 0. The van der Waals surface area contributed by atoms with Gasteiger partial charge >= 0.3 is 16.4 Å². The van der Waals surface area contributed by atoms with Gasteiger partial charge in [-0.2, -0.15) is 8.42 Å². The molecule has 360 valence electrons. The number of esters is 1. The van der Waals surface area contributed by atoms with E-state index in [-0.39, 0.29) is 19.6 Å². The molecule has 1 rings (SSSR count). The van der Waals surface area contributed by atoms with Gasteiger partial charge in [-0.3, -0.25) is 9.35 Å². The van der Waals surface area contributed by atoms with Gasteiger partial charge < -0.3 is 34.3 Å². The van der Waals surface area contributed by atoms with Crippen molar-refractivity contribution >= 4 is 16.4 Å². The summed E-state index contributed by atoms with van der Waals surface area (Å²) in [7, 11) is -5.06. The molecule has 0 saturated carbocycles. The van der Waals surface area contributed by atoms with Gasteiger partial charge in [0, 0.05) is 13.0 Å². The summed E-state index contributed by atoms with van der Waals surface area (Å²) in [5, 5.41) is 30.7. The molecule has 1 aliphatic rings. The zero-order valence-electron chi connectivity index (χ0n) is 38.5. The summed E-state index contributed by atoms with van der Waals surface area (Å²) >= 11 is 0. The number of carbonyl (C=O) groups excluding carboxylic acids is 1. The van der Waals surface area contributed by atoms with Crippen molar-refractivity contribution in [2.24, 2.45) is 0 Å². The van der Waals surface area contributed by atoms with Crippen LogP contribution in [0.5, 0.6) is 0 Å². The Morgan fingerprint density at radius 2 is 1.10 bits per heavy atom. The Kier molecular flexibility index (Phi) is 37.9. The molecule has 12 nitrogen and oxygen atoms in total. The molecule has 1 fully saturated rings. The fourth-order valence-corrected chi connectivity index (χ4v) is 8.08. The van der Waals surface area contributed by atoms with Crippen LogP contribution in [0.1, 0.15) is 213 Å². The Morgan fingerprint density at radius 3 is 1.61 bits per heavy atom. The van der Waals surface area contributed by atoms with Crippen LogP contribution in [0.2, 0.25) is 0 Å². The first-order valence-electron chi connectivity index (χ1n) is 24.6. The smallest absolute Gasteiger partial charge is 0.397 e. The lowest BCUT2D eigenvalue weighted by molar-refractivity contribution is -0.301. The fraction of sp³-hybridized carbons (Fsp3) is 0.896. The molecule has 1 aliphatic heterocycles. The number of allylic oxidation sites excluding steroid dienone is 4. The molecule has 0 amide bonds. The molecular formula is C48H90O12S. The predicted molar refractivity (Wildman–Crippen MR) is 244 cm³/mol. The van der Waals surface area contributed by atoms with Crippen molar-refractivity contribution in [3.63, 3.8) is 0 Å². The van der Waals surface area contributed by atoms with Crippen molar-refractivity contribution in [1.29, 1.82) is 0 Å². The summed E-state index contributed by atoms with van der Waals surface area (Å²) in [6.45, 7) is 3.96. The summed E-state index contributed by atoms with van der Waals surface area (Å²) in [6.07, 6.45) is 36.4. The highest BCUT2D eigenvalue weighted by Gasteiger charge is 2.48. The molecule has 0 spiro atoms. The quantitative estimate of drug-likeness (QED) is 0.0197. The molecular weight excluding hydrogens is 801 g/mol. The fourth-order valence-electron chi connectivity index (χ4n) is 7.57. The third kappa shape index (κ3) is 33.7. The SMILES string of the molecule is CCCC/C=C\C/C=C\CCCCCCCCOCC(COC1OC(CO)C(O)C(OS(=O)(=O)O)C1O)OC(=O)CCCCCCCCCCCCCCCCCCCCC. The van der Waals surface area contributed by atoms with Gasteiger partial charge in [-0.15, -0.1) is 0 Å². The number of carbonyl (C=O) groups is 1. The first kappa shape index (κ1) is 57.6. The Morgan fingerprint density at radius 1 is 0.623 bits per heavy atom. The molecule has 6 unspecified atom stereocenters. The third-order valence-corrected chi connectivity index (χ3v) is 11.8. The van der Waals surface area contributed by atoms with Crippen molar-refractivity contribution in [2.45, 2.75) is 250 Å². The van der Waals surface area contributed by atoms with E-state index in [1.807, 2.05) is 0 Å². The highest BCUT2D eigenvalue weighted by atomic mass is 32.3. The lowest BCUT2D eigenvalue weighted by Crippen LogP contribution is -2.60. The molecule has 1 saturated heterocycles. The van der Waals surface area contributed by atoms with Crippen LogP contribution in [0, 0.1) is 0 Å². The summed E-state index contributed by atoms with van der Waals surface area (Å²) in [5.74, 6) is -0.399. The number of unbranched alkanes of at least 4 members (excludes halogenated alkanes) is 26. The number of hydrogen-bond acceptors (Lipinski definition) is 11. The Labute approximate surface area is 371 Å². The zero-order chi connectivity index (χ0) is 44.7. The molecule has 6 atom stereocenters. The van der Waals surface area contributed by atoms with E-state index in [2.05, 4.69) is 42.3 Å². The van der Waals surface area contributed by atoms with Crippen molar-refractivity contribution in [3.05, 3.63) is 24.3 Å². The first-order valence-corrected chi connectivity index (χ1v) is 26.0. The molecule has 61 heavy (non-hydrogen) atoms. The molecule has 0 aromatic heterocycles. The lowest BCUT2D eigenvalue weighted by Gasteiger charge is -2.41. The molecule has 0 aromatic rings. The van der Waals surface area contributed by atoms with E-state index in [1.54, 1.807) is 0 Å². The highest BCUT2D eigenvalue weighted by molar-refractivity contribution is 7.80. The van der Waals surface area contributed by atoms with Crippen LogP contribution < -0.4 is 0 Å². The van der Waals surface area contributed by atoms with Crippen LogP contribution in [0.25, 0.3) is 0 Å². The average molecular weight is 891 g/mol. The van der Waals surface area contributed by atoms with Crippen molar-refractivity contribution in [3.8, 4) is 0 Å². The summed E-state index contributed by atoms with van der Waals surface area (Å²) < 4.78 is 59.1. The Balaban J connectivity index is 2.38. The maximum absolute atomic E-state index is 12.9. The normalized spacial score (nSPS) is 20.3. The molecule has 1 heterocycles. The molecule has 0 aliphatic carbocycles. The maximum Gasteiger partial charge on any atom is 0.397 e. The van der Waals surface area contributed by atoms with Crippen molar-refractivity contribution < 1.29 is 56.2 Å². The van der Waals surface area contributed by atoms with E-state index < -0.39 is 59.8 Å². The molecule has 0 aromatic carbocycles. The van der Waals surface area contributed by atoms with E-state index >= 15 is 0 Å². The number of aliphatic hydroxyl groups is 3. The second-order valence-electron chi connectivity index (χ2n) is 17.1. The first-order chi connectivity index (χ1) is 29.6. The second kappa shape index (κ2) is 40.1. The van der Waals surface area contributed by atoms with Gasteiger partial charge in [0.2, 0.25) is 0 Å². The standard InChI is InChI=1S/C48H90O12S/c1-3-5-7-9-11-13-15-17-19-20-21-22-23-25-27-29-31-33-35-37-44(50)58-42(41-57-48-46(52)47(60-61(53,54)55)45(51)43(39-49)59-48)40-56-38-36-34-32-30-28-26-24-18-16-14-12-10-8-6-4-2/h10,12,16,18,42-43,45-49,51-52H,3-9,11,13-15,17,19-41H2,1-2H3,(H,53,54,55)/b12-10-,18-16-. The van der Waals surface area contributed by atoms with Gasteiger partial charge in [0.15, 0.2) is 6.29 Å². The zero-order valence-corrected chi connectivity index (χ0v) is 39.3. The largest absolute Gasteiger partial charge is 0.457 e. The van der Waals surface area contributed by atoms with E-state index in [4.69, 9.17) is 18.9 Å². The van der Waals surface area contributed by atoms with Crippen LogP contribution in [-0.4, -0.2) is 97.5 Å². The number of rotatable bonds is 43. The summed E-state index contributed by atoms with van der Waals surface area (Å²) in [5.41, 5.74) is 0. The minimum atomic E-state index is -5.06. The predicted octanol–water partition coefficient (Wildman–Crippen LogP) is 10.8. The Hall–Kier alpha value is -1.42. The lowest BCUT2D eigenvalue weighted by atomic mass is 9.99. The van der Waals surface area contributed by atoms with Gasteiger partial charge in [-0.05, 0) is 38.5 Å². The Bertz CT molecular complexity index is 1170. The van der Waals surface area contributed by atoms with Crippen LogP contribution in [0.3, 0.4) is 0 Å². The van der Waals surface area contributed by atoms with E-state index in [0.29, 0.717) is 13.0 Å². The minimum Gasteiger partial charge on any atom is -0.457 e. The van der Waals surface area contributed by atoms with Crippen molar-refractivity contribution in [2.75, 3.05) is 26.4 Å². The molecule has 0 radical (unpaired) electrons. The molecule has 4 N–H and O–H groups in total. The number of aliphatic hydroxyl groups excluding tert-OH is 3. The van der Waals surface area contributed by atoms with Crippen LogP contribution in [0.15, 0.2) is 24.3 Å². The minimum absolute atomic E-state index is 0.0326. The van der Waals surface area contributed by atoms with E-state index in [9.17, 15) is 33.1 Å². The average Bonchev–Trinajstić information content (AvgIpc) is 3.23. The molecule has 13 heteroatoms. The number of hydrogen-bond donors (Lipinski definition) is 4. The van der Waals surface area contributed by atoms with Gasteiger partial charge in [0.25, 0.3) is 0 Å². The van der Waals surface area contributed by atoms with E-state index in [1.165, 1.54) is 122 Å². The van der Waals surface area contributed by atoms with Gasteiger partial charge in [0.05, 0.1) is 19.8 Å². The highest BCUT2D eigenvalue weighted by Crippen LogP contribution is 2.26.